The number of allylic oxidation sites excluding steroid dienone is 1. The molecule has 1 heterocycles. The van der Waals surface area contributed by atoms with Crippen LogP contribution in [0.15, 0.2) is 23.1 Å². The zero-order chi connectivity index (χ0) is 20.5. The van der Waals surface area contributed by atoms with Crippen LogP contribution in [-0.4, -0.2) is 9.67 Å². The van der Waals surface area contributed by atoms with Crippen LogP contribution in [-0.2, 0) is 0 Å². The second kappa shape index (κ2) is 16.0. The molecule has 4 nitrogen and oxygen atoms in total. The van der Waals surface area contributed by atoms with Crippen LogP contribution < -0.4 is 5.43 Å². The van der Waals surface area contributed by atoms with Crippen molar-refractivity contribution in [3.05, 3.63) is 34.3 Å². The number of aromatic hydroxyl groups is 1. The lowest BCUT2D eigenvalue weighted by Gasteiger charge is -2.04. The van der Waals surface area contributed by atoms with Gasteiger partial charge in [-0.05, 0) is 12.8 Å². The number of hydrogen-bond donors (Lipinski definition) is 1. The Morgan fingerprint density at radius 1 is 0.929 bits per heavy atom. The first-order valence-electron chi connectivity index (χ1n) is 11.2. The Morgan fingerprint density at radius 2 is 1.43 bits per heavy atom. The van der Waals surface area contributed by atoms with Crippen molar-refractivity contribution in [3.8, 4) is 11.8 Å². The number of unbranched alkanes of at least 4 members (excludes halogenated alkanes) is 14. The van der Waals surface area contributed by atoms with Crippen molar-refractivity contribution in [1.82, 2.24) is 4.57 Å². The van der Waals surface area contributed by atoms with E-state index < -0.39 is 11.2 Å². The van der Waals surface area contributed by atoms with Gasteiger partial charge < -0.3 is 9.67 Å². The van der Waals surface area contributed by atoms with Crippen LogP contribution >= 0.6 is 0 Å². The number of aromatic nitrogens is 1. The summed E-state index contributed by atoms with van der Waals surface area (Å²) in [4.78, 5) is 11.3. The van der Waals surface area contributed by atoms with Crippen LogP contribution in [0.4, 0.5) is 0 Å². The van der Waals surface area contributed by atoms with Crippen molar-refractivity contribution in [3.63, 3.8) is 0 Å². The van der Waals surface area contributed by atoms with E-state index in [0.29, 0.717) is 0 Å². The predicted octanol–water partition coefficient (Wildman–Crippen LogP) is 6.77. The van der Waals surface area contributed by atoms with Crippen LogP contribution in [0.3, 0.4) is 0 Å². The molecule has 0 amide bonds. The lowest BCUT2D eigenvalue weighted by atomic mass is 10.0. The van der Waals surface area contributed by atoms with E-state index >= 15 is 0 Å². The minimum atomic E-state index is -0.520. The molecule has 1 N–H and O–H groups in total. The number of nitrogens with zero attached hydrogens (tertiary/aromatic N) is 2. The Labute approximate surface area is 170 Å². The van der Waals surface area contributed by atoms with Gasteiger partial charge in [-0.15, -0.1) is 0 Å². The molecule has 0 bridgehead atoms. The summed E-state index contributed by atoms with van der Waals surface area (Å²) in [5.41, 5.74) is -0.530. The van der Waals surface area contributed by atoms with Crippen molar-refractivity contribution in [2.75, 3.05) is 0 Å². The molecule has 28 heavy (non-hydrogen) atoms. The molecule has 1 rings (SSSR count). The second-order valence-electron chi connectivity index (χ2n) is 7.67. The van der Waals surface area contributed by atoms with Crippen molar-refractivity contribution in [2.45, 2.75) is 103 Å². The highest BCUT2D eigenvalue weighted by molar-refractivity contribution is 5.42. The van der Waals surface area contributed by atoms with Crippen molar-refractivity contribution in [2.24, 2.45) is 0 Å². The van der Waals surface area contributed by atoms with Gasteiger partial charge in [-0.1, -0.05) is 96.5 Å². The molecule has 0 aliphatic rings. The summed E-state index contributed by atoms with van der Waals surface area (Å²) in [7, 11) is 0. The van der Waals surface area contributed by atoms with Gasteiger partial charge in [0.15, 0.2) is 11.4 Å². The number of pyridine rings is 1. The summed E-state index contributed by atoms with van der Waals surface area (Å²) < 4.78 is 1.50. The largest absolute Gasteiger partial charge is 0.502 e. The third kappa shape index (κ3) is 10.3. The Bertz CT molecular complexity index is 656. The molecule has 0 atom stereocenters. The average molecular weight is 387 g/mol. The van der Waals surface area contributed by atoms with Gasteiger partial charge in [0.2, 0.25) is 5.43 Å². The van der Waals surface area contributed by atoms with E-state index in [-0.39, 0.29) is 5.69 Å². The van der Waals surface area contributed by atoms with E-state index in [9.17, 15) is 9.90 Å². The summed E-state index contributed by atoms with van der Waals surface area (Å²) in [6.45, 7) is 2.27. The summed E-state index contributed by atoms with van der Waals surface area (Å²) in [6.07, 6.45) is 25.1. The molecule has 0 saturated heterocycles. The Morgan fingerprint density at radius 3 is 1.93 bits per heavy atom. The average Bonchev–Trinajstić information content (AvgIpc) is 2.70. The molecule has 0 aliphatic carbocycles. The van der Waals surface area contributed by atoms with Crippen LogP contribution in [0, 0.1) is 11.3 Å². The standard InChI is InChI=1S/C24H38N2O2/c1-2-3-4-5-6-7-8-9-10-11-12-13-14-15-16-17-19-26-20-18-23(27)24(28)22(26)21-25/h17-20,28H,2-16H2,1H3. The van der Waals surface area contributed by atoms with E-state index in [2.05, 4.69) is 6.92 Å². The third-order valence-corrected chi connectivity index (χ3v) is 5.20. The molecule has 1 aromatic rings. The summed E-state index contributed by atoms with van der Waals surface area (Å²) in [5.74, 6) is -0.480. The number of nitriles is 1. The molecule has 0 aromatic carbocycles. The van der Waals surface area contributed by atoms with Gasteiger partial charge in [-0.2, -0.15) is 5.26 Å². The maximum Gasteiger partial charge on any atom is 0.224 e. The van der Waals surface area contributed by atoms with Crippen molar-refractivity contribution in [1.29, 1.82) is 5.26 Å². The van der Waals surface area contributed by atoms with Crippen molar-refractivity contribution >= 4 is 6.20 Å². The second-order valence-corrected chi connectivity index (χ2v) is 7.67. The highest BCUT2D eigenvalue weighted by Crippen LogP contribution is 2.14. The summed E-state index contributed by atoms with van der Waals surface area (Å²) in [5, 5.41) is 18.7. The number of rotatable bonds is 16. The molecule has 0 saturated carbocycles. The first kappa shape index (κ1) is 24.0. The lowest BCUT2D eigenvalue weighted by molar-refractivity contribution is 0.463. The van der Waals surface area contributed by atoms with E-state index in [4.69, 9.17) is 5.26 Å². The molecule has 0 unspecified atom stereocenters. The Hall–Kier alpha value is -2.02. The lowest BCUT2D eigenvalue weighted by Crippen LogP contribution is -2.06. The molecule has 0 radical (unpaired) electrons. The van der Waals surface area contributed by atoms with Crippen LogP contribution in [0.2, 0.25) is 0 Å². The monoisotopic (exact) mass is 386 g/mol. The third-order valence-electron chi connectivity index (χ3n) is 5.20. The van der Waals surface area contributed by atoms with Crippen molar-refractivity contribution < 1.29 is 5.11 Å². The zero-order valence-electron chi connectivity index (χ0n) is 17.7. The Kier molecular flexibility index (Phi) is 13.7. The first-order chi connectivity index (χ1) is 13.7. The zero-order valence-corrected chi connectivity index (χ0v) is 17.7. The van der Waals surface area contributed by atoms with Gasteiger partial charge in [0.25, 0.3) is 0 Å². The molecule has 1 aromatic heterocycles. The quantitative estimate of drug-likeness (QED) is 0.319. The fraction of sp³-hybridized carbons (Fsp3) is 0.667. The SMILES string of the molecule is CCCCCCCCCCCCCCCCC=Cn1ccc(=O)c(O)c1C#N. The molecule has 156 valence electrons. The Balaban J connectivity index is 1.99. The van der Waals surface area contributed by atoms with Crippen LogP contribution in [0.1, 0.15) is 109 Å². The minimum Gasteiger partial charge on any atom is -0.502 e. The molecular weight excluding hydrogens is 348 g/mol. The fourth-order valence-electron chi connectivity index (χ4n) is 3.42. The molecule has 0 aliphatic heterocycles. The van der Waals surface area contributed by atoms with Gasteiger partial charge in [0.05, 0.1) is 0 Å². The molecule has 0 fully saturated rings. The van der Waals surface area contributed by atoms with Gasteiger partial charge >= 0.3 is 0 Å². The summed E-state index contributed by atoms with van der Waals surface area (Å²) >= 11 is 0. The number of hydrogen-bond acceptors (Lipinski definition) is 3. The van der Waals surface area contributed by atoms with E-state index in [1.165, 1.54) is 100 Å². The van der Waals surface area contributed by atoms with E-state index in [1.807, 2.05) is 12.1 Å². The van der Waals surface area contributed by atoms with Gasteiger partial charge in [-0.3, -0.25) is 4.79 Å². The highest BCUT2D eigenvalue weighted by atomic mass is 16.3. The van der Waals surface area contributed by atoms with Gasteiger partial charge in [0.1, 0.15) is 6.07 Å². The maximum atomic E-state index is 11.3. The normalized spacial score (nSPS) is 11.1. The smallest absolute Gasteiger partial charge is 0.224 e. The molecule has 4 heteroatoms. The predicted molar refractivity (Wildman–Crippen MR) is 117 cm³/mol. The van der Waals surface area contributed by atoms with E-state index in [0.717, 1.165) is 12.8 Å². The first-order valence-corrected chi connectivity index (χ1v) is 11.2. The fourth-order valence-corrected chi connectivity index (χ4v) is 3.42. The van der Waals surface area contributed by atoms with E-state index in [1.54, 1.807) is 6.20 Å². The van der Waals surface area contributed by atoms with Crippen LogP contribution in [0.25, 0.3) is 6.20 Å². The maximum absolute atomic E-state index is 11.3. The topological polar surface area (TPSA) is 66.0 Å². The van der Waals surface area contributed by atoms with Gasteiger partial charge in [0, 0.05) is 18.5 Å². The molecule has 0 spiro atoms. The highest BCUT2D eigenvalue weighted by Gasteiger charge is 2.06. The minimum absolute atomic E-state index is 0.00953. The van der Waals surface area contributed by atoms with Gasteiger partial charge in [-0.25, -0.2) is 0 Å². The molecular formula is C24H38N2O2. The summed E-state index contributed by atoms with van der Waals surface area (Å²) in [6, 6.07) is 3.14. The van der Waals surface area contributed by atoms with Crippen LogP contribution in [0.5, 0.6) is 5.75 Å².